The lowest BCUT2D eigenvalue weighted by molar-refractivity contribution is -0.124. The van der Waals surface area contributed by atoms with Gasteiger partial charge in [-0.15, -0.1) is 0 Å². The highest BCUT2D eigenvalue weighted by Crippen LogP contribution is 2.22. The molecule has 0 saturated heterocycles. The van der Waals surface area contributed by atoms with Crippen LogP contribution in [0, 0.1) is 18.6 Å². The molecule has 3 aromatic rings. The van der Waals surface area contributed by atoms with Crippen LogP contribution in [-0.2, 0) is 17.8 Å². The molecular weight excluding hydrogens is 364 g/mol. The number of aromatic nitrogens is 1. The van der Waals surface area contributed by atoms with Crippen molar-refractivity contribution in [1.29, 1.82) is 0 Å². The number of aromatic amines is 1. The molecule has 0 aliphatic heterocycles. The van der Waals surface area contributed by atoms with E-state index in [-0.39, 0.29) is 17.7 Å². The van der Waals surface area contributed by atoms with Crippen LogP contribution in [0.5, 0.6) is 0 Å². The average molecular weight is 385 g/mol. The fourth-order valence-corrected chi connectivity index (χ4v) is 3.18. The van der Waals surface area contributed by atoms with Gasteiger partial charge in [-0.2, -0.15) is 0 Å². The number of benzene rings is 2. The number of halogens is 2. The molecule has 0 bridgehead atoms. The second kappa shape index (κ2) is 8.77. The van der Waals surface area contributed by atoms with Gasteiger partial charge in [-0.25, -0.2) is 14.3 Å². The Bertz CT molecular complexity index is 1000. The zero-order valence-electron chi connectivity index (χ0n) is 15.4. The lowest BCUT2D eigenvalue weighted by Crippen LogP contribution is -2.19. The molecule has 28 heavy (non-hydrogen) atoms. The molecule has 0 saturated carbocycles. The highest BCUT2D eigenvalue weighted by molar-refractivity contribution is 5.90. The van der Waals surface area contributed by atoms with Gasteiger partial charge in [0.15, 0.2) is 0 Å². The van der Waals surface area contributed by atoms with Crippen molar-refractivity contribution in [2.24, 2.45) is 0 Å². The van der Waals surface area contributed by atoms with Gasteiger partial charge >= 0.3 is 0 Å². The van der Waals surface area contributed by atoms with E-state index in [1.807, 2.05) is 25.1 Å². The Morgan fingerprint density at radius 2 is 1.89 bits per heavy atom. The lowest BCUT2D eigenvalue weighted by Gasteiger charge is -2.09. The highest BCUT2D eigenvalue weighted by Gasteiger charge is 2.11. The molecule has 0 fully saturated rings. The van der Waals surface area contributed by atoms with E-state index < -0.39 is 17.5 Å². The third-order valence-electron chi connectivity index (χ3n) is 4.58. The number of carbonyl (C=O) groups is 1. The van der Waals surface area contributed by atoms with Gasteiger partial charge in [-0.05, 0) is 55.3 Å². The van der Waals surface area contributed by atoms with Crippen molar-refractivity contribution < 1.29 is 18.8 Å². The SMILES string of the molecule is Cc1[nH]c2ccccc2c1CCNCc1c(F)cc(/C=C/C(=O)NO)cc1F. The van der Waals surface area contributed by atoms with Gasteiger partial charge in [0.2, 0.25) is 0 Å². The van der Waals surface area contributed by atoms with Gasteiger partial charge in [0, 0.05) is 34.8 Å². The Labute approximate surface area is 161 Å². The topological polar surface area (TPSA) is 77.2 Å². The van der Waals surface area contributed by atoms with E-state index in [1.165, 1.54) is 17.1 Å². The summed E-state index contributed by atoms with van der Waals surface area (Å²) in [5, 5.41) is 12.7. The molecule has 7 heteroatoms. The molecule has 4 N–H and O–H groups in total. The number of H-pyrrole nitrogens is 1. The number of hydrogen-bond acceptors (Lipinski definition) is 3. The first-order valence-corrected chi connectivity index (χ1v) is 8.86. The number of para-hydroxylation sites is 1. The molecule has 0 atom stereocenters. The molecule has 5 nitrogen and oxygen atoms in total. The molecule has 0 aliphatic rings. The first kappa shape index (κ1) is 19.7. The fraction of sp³-hybridized carbons (Fsp3) is 0.190. The molecule has 1 aromatic heterocycles. The Hall–Kier alpha value is -3.03. The highest BCUT2D eigenvalue weighted by atomic mass is 19.1. The van der Waals surface area contributed by atoms with E-state index in [0.717, 1.165) is 41.2 Å². The second-order valence-electron chi connectivity index (χ2n) is 6.47. The van der Waals surface area contributed by atoms with E-state index in [4.69, 9.17) is 5.21 Å². The average Bonchev–Trinajstić information content (AvgIpc) is 3.00. The summed E-state index contributed by atoms with van der Waals surface area (Å²) in [4.78, 5) is 14.3. The van der Waals surface area contributed by atoms with E-state index in [0.29, 0.717) is 6.54 Å². The normalized spacial score (nSPS) is 11.4. The van der Waals surface area contributed by atoms with Crippen LogP contribution in [0.15, 0.2) is 42.5 Å². The zero-order valence-corrected chi connectivity index (χ0v) is 15.4. The molecule has 3 rings (SSSR count). The standard InChI is InChI=1S/C21H21F2N3O2/c1-13-15(16-4-2-3-5-20(16)25-13)8-9-24-12-17-18(22)10-14(11-19(17)23)6-7-21(27)26-28/h2-7,10-11,24-25,28H,8-9,12H2,1H3,(H,26,27)/b7-6+. The predicted molar refractivity (Wildman–Crippen MR) is 104 cm³/mol. The number of amides is 1. The van der Waals surface area contributed by atoms with Crippen LogP contribution in [0.25, 0.3) is 17.0 Å². The largest absolute Gasteiger partial charge is 0.358 e. The number of rotatable bonds is 7. The summed E-state index contributed by atoms with van der Waals surface area (Å²) >= 11 is 0. The van der Waals surface area contributed by atoms with Crippen LogP contribution in [0.2, 0.25) is 0 Å². The summed E-state index contributed by atoms with van der Waals surface area (Å²) in [5.74, 6) is -2.17. The monoisotopic (exact) mass is 385 g/mol. The number of aryl methyl sites for hydroxylation is 1. The van der Waals surface area contributed by atoms with Gasteiger partial charge in [0.1, 0.15) is 11.6 Å². The van der Waals surface area contributed by atoms with Crippen LogP contribution in [0.3, 0.4) is 0 Å². The van der Waals surface area contributed by atoms with Crippen LogP contribution in [0.1, 0.15) is 22.4 Å². The lowest BCUT2D eigenvalue weighted by atomic mass is 10.1. The maximum absolute atomic E-state index is 14.2. The molecule has 0 spiro atoms. The van der Waals surface area contributed by atoms with E-state index >= 15 is 0 Å². The summed E-state index contributed by atoms with van der Waals surface area (Å²) < 4.78 is 28.4. The molecule has 1 amide bonds. The number of nitrogens with one attached hydrogen (secondary N) is 3. The number of hydroxylamine groups is 1. The first-order chi connectivity index (χ1) is 13.5. The van der Waals surface area contributed by atoms with Crippen molar-refractivity contribution in [2.45, 2.75) is 19.9 Å². The molecule has 0 unspecified atom stereocenters. The van der Waals surface area contributed by atoms with Gasteiger partial charge in [-0.1, -0.05) is 18.2 Å². The number of hydrogen-bond donors (Lipinski definition) is 4. The van der Waals surface area contributed by atoms with E-state index in [9.17, 15) is 13.6 Å². The van der Waals surface area contributed by atoms with E-state index in [1.54, 1.807) is 0 Å². The summed E-state index contributed by atoms with van der Waals surface area (Å²) in [6.07, 6.45) is 2.93. The Morgan fingerprint density at radius 3 is 2.61 bits per heavy atom. The van der Waals surface area contributed by atoms with Crippen LogP contribution >= 0.6 is 0 Å². The molecule has 0 aliphatic carbocycles. The first-order valence-electron chi connectivity index (χ1n) is 8.86. The third kappa shape index (κ3) is 4.44. The van der Waals surface area contributed by atoms with Crippen LogP contribution in [-0.4, -0.2) is 22.6 Å². The zero-order chi connectivity index (χ0) is 20.1. The third-order valence-corrected chi connectivity index (χ3v) is 4.58. The Kier molecular flexibility index (Phi) is 6.18. The summed E-state index contributed by atoms with van der Waals surface area (Å²) in [6, 6.07) is 10.3. The number of fused-ring (bicyclic) bond motifs is 1. The quantitative estimate of drug-likeness (QED) is 0.217. The van der Waals surface area contributed by atoms with Crippen molar-refractivity contribution in [2.75, 3.05) is 6.54 Å². The predicted octanol–water partition coefficient (Wildman–Crippen LogP) is 3.61. The fourth-order valence-electron chi connectivity index (χ4n) is 3.18. The Balaban J connectivity index is 1.62. The minimum Gasteiger partial charge on any atom is -0.358 e. The summed E-state index contributed by atoms with van der Waals surface area (Å²) in [7, 11) is 0. The van der Waals surface area contributed by atoms with E-state index in [2.05, 4.69) is 16.4 Å². The Morgan fingerprint density at radius 1 is 1.18 bits per heavy atom. The van der Waals surface area contributed by atoms with Gasteiger partial charge < -0.3 is 10.3 Å². The van der Waals surface area contributed by atoms with Gasteiger partial charge in [0.05, 0.1) is 0 Å². The maximum atomic E-state index is 14.2. The smallest absolute Gasteiger partial charge is 0.267 e. The minimum atomic E-state index is -0.779. The molecule has 2 aromatic carbocycles. The molecular formula is C21H21F2N3O2. The van der Waals surface area contributed by atoms with Crippen molar-refractivity contribution in [3.63, 3.8) is 0 Å². The van der Waals surface area contributed by atoms with Crippen LogP contribution in [0.4, 0.5) is 8.78 Å². The van der Waals surface area contributed by atoms with Crippen LogP contribution < -0.4 is 10.8 Å². The summed E-state index contributed by atoms with van der Waals surface area (Å²) in [5.41, 5.74) is 4.89. The van der Waals surface area contributed by atoms with Gasteiger partial charge in [0.25, 0.3) is 5.91 Å². The summed E-state index contributed by atoms with van der Waals surface area (Å²) in [6.45, 7) is 2.64. The maximum Gasteiger partial charge on any atom is 0.267 e. The van der Waals surface area contributed by atoms with Gasteiger partial charge in [-0.3, -0.25) is 10.0 Å². The van der Waals surface area contributed by atoms with Crippen molar-refractivity contribution in [3.05, 3.63) is 76.5 Å². The second-order valence-corrected chi connectivity index (χ2v) is 6.47. The van der Waals surface area contributed by atoms with Crippen molar-refractivity contribution >= 4 is 22.9 Å². The molecule has 146 valence electrons. The number of carbonyl (C=O) groups excluding carboxylic acids is 1. The van der Waals surface area contributed by atoms with Crippen molar-refractivity contribution in [1.82, 2.24) is 15.8 Å². The molecule has 0 radical (unpaired) electrons. The minimum absolute atomic E-state index is 0.0557. The molecule has 1 heterocycles. The van der Waals surface area contributed by atoms with Crippen molar-refractivity contribution in [3.8, 4) is 0 Å².